The van der Waals surface area contributed by atoms with Crippen molar-refractivity contribution in [1.82, 2.24) is 7.96 Å². The minimum absolute atomic E-state index is 0.0337. The van der Waals surface area contributed by atoms with Crippen LogP contribution in [0.2, 0.25) is 0 Å². The molecule has 21 heavy (non-hydrogen) atoms. The van der Waals surface area contributed by atoms with Crippen LogP contribution < -0.4 is 10.6 Å². The van der Waals surface area contributed by atoms with Gasteiger partial charge in [-0.3, -0.25) is 0 Å². The van der Waals surface area contributed by atoms with Gasteiger partial charge in [0.2, 0.25) is 0 Å². The van der Waals surface area contributed by atoms with Crippen molar-refractivity contribution in [3.05, 3.63) is 47.5 Å². The second kappa shape index (κ2) is 4.69. The molecular weight excluding hydrogens is 331 g/mol. The predicted molar refractivity (Wildman–Crippen MR) is 82.7 cm³/mol. The van der Waals surface area contributed by atoms with Crippen LogP contribution in [-0.2, 0) is 4.79 Å². The first kappa shape index (κ1) is 12.6. The number of carbonyl (C=O) groups is 1. The molecule has 2 N–H and O–H groups in total. The first-order valence-electron chi connectivity index (χ1n) is 6.61. The predicted octanol–water partition coefficient (Wildman–Crippen LogP) is 2.10. The average molecular weight is 343 g/mol. The summed E-state index contributed by atoms with van der Waals surface area (Å²) >= 11 is -0.0768. The second-order valence-corrected chi connectivity index (χ2v) is 6.20. The minimum atomic E-state index is -0.380. The molecule has 1 aliphatic heterocycles. The summed E-state index contributed by atoms with van der Waals surface area (Å²) in [6.45, 7) is 2.02. The quantitative estimate of drug-likeness (QED) is 0.700. The number of nitrogens with one attached hydrogen (secondary N) is 2. The number of nitrogens with zero attached hydrogens (tertiary/aromatic N) is 2. The van der Waals surface area contributed by atoms with Crippen molar-refractivity contribution in [2.45, 2.75) is 13.0 Å². The monoisotopic (exact) mass is 344 g/mol. The van der Waals surface area contributed by atoms with Crippen molar-refractivity contribution >= 4 is 43.3 Å². The standard InChI is InChI=1S/C15H12N4OSe/c1-8-5-6-10-9(7-8)13(15(20)17-10)16-11-3-2-4-12-14(11)19-21-18-12/h2-7,13,16H,1H3,(H,17,20). The van der Waals surface area contributed by atoms with E-state index in [2.05, 4.69) is 18.6 Å². The van der Waals surface area contributed by atoms with E-state index in [-0.39, 0.29) is 26.9 Å². The van der Waals surface area contributed by atoms with Gasteiger partial charge in [0.1, 0.15) is 0 Å². The molecule has 104 valence electrons. The molecule has 2 aromatic carbocycles. The van der Waals surface area contributed by atoms with Crippen LogP contribution in [0.5, 0.6) is 0 Å². The van der Waals surface area contributed by atoms with Crippen LogP contribution in [0.4, 0.5) is 11.4 Å². The Bertz CT molecular complexity index is 858. The molecule has 0 bridgehead atoms. The molecule has 1 unspecified atom stereocenters. The molecule has 0 fully saturated rings. The number of carbonyl (C=O) groups excluding carboxylic acids is 1. The topological polar surface area (TPSA) is 66.9 Å². The van der Waals surface area contributed by atoms with Gasteiger partial charge in [-0.2, -0.15) is 0 Å². The fraction of sp³-hybridized carbons (Fsp3) is 0.133. The Balaban J connectivity index is 1.77. The Morgan fingerprint density at radius 3 is 3.05 bits per heavy atom. The van der Waals surface area contributed by atoms with Gasteiger partial charge >= 0.3 is 127 Å². The molecule has 0 radical (unpaired) electrons. The van der Waals surface area contributed by atoms with Gasteiger partial charge in [-0.25, -0.2) is 0 Å². The molecule has 1 aromatic heterocycles. The summed E-state index contributed by atoms with van der Waals surface area (Å²) in [4.78, 5) is 12.2. The van der Waals surface area contributed by atoms with Gasteiger partial charge in [-0.05, 0) is 0 Å². The second-order valence-electron chi connectivity index (χ2n) is 5.09. The molecule has 0 spiro atoms. The Labute approximate surface area is 127 Å². The van der Waals surface area contributed by atoms with Gasteiger partial charge in [-0.1, -0.05) is 0 Å². The van der Waals surface area contributed by atoms with E-state index in [0.29, 0.717) is 0 Å². The number of hydrogen-bond donors (Lipinski definition) is 2. The van der Waals surface area contributed by atoms with Gasteiger partial charge < -0.3 is 0 Å². The fourth-order valence-electron chi connectivity index (χ4n) is 2.60. The Hall–Kier alpha value is -2.17. The van der Waals surface area contributed by atoms with Gasteiger partial charge in [0.15, 0.2) is 0 Å². The van der Waals surface area contributed by atoms with E-state index in [1.54, 1.807) is 0 Å². The van der Waals surface area contributed by atoms with Crippen LogP contribution in [0.3, 0.4) is 0 Å². The summed E-state index contributed by atoms with van der Waals surface area (Å²) in [5.41, 5.74) is 5.64. The maximum absolute atomic E-state index is 12.2. The van der Waals surface area contributed by atoms with Crippen molar-refractivity contribution in [3.8, 4) is 0 Å². The molecule has 1 aliphatic rings. The fourth-order valence-corrected chi connectivity index (χ4v) is 3.76. The number of rotatable bonds is 2. The van der Waals surface area contributed by atoms with Gasteiger partial charge in [0.05, 0.1) is 0 Å². The van der Waals surface area contributed by atoms with E-state index >= 15 is 0 Å². The van der Waals surface area contributed by atoms with Crippen LogP contribution in [0.1, 0.15) is 17.2 Å². The third kappa shape index (κ3) is 2.04. The van der Waals surface area contributed by atoms with Gasteiger partial charge in [-0.15, -0.1) is 0 Å². The molecule has 1 amide bonds. The third-order valence-electron chi connectivity index (χ3n) is 3.62. The first-order valence-corrected chi connectivity index (χ1v) is 8.15. The molecule has 2 heterocycles. The molecule has 4 rings (SSSR count). The van der Waals surface area contributed by atoms with Crippen molar-refractivity contribution in [1.29, 1.82) is 0 Å². The molecule has 5 nitrogen and oxygen atoms in total. The average Bonchev–Trinajstić information content (AvgIpc) is 3.05. The zero-order valence-electron chi connectivity index (χ0n) is 11.3. The van der Waals surface area contributed by atoms with Crippen molar-refractivity contribution < 1.29 is 4.79 Å². The zero-order chi connectivity index (χ0) is 14.4. The third-order valence-corrected chi connectivity index (χ3v) is 4.76. The van der Waals surface area contributed by atoms with Crippen LogP contribution in [0.15, 0.2) is 36.4 Å². The van der Waals surface area contributed by atoms with E-state index in [9.17, 15) is 4.79 Å². The van der Waals surface area contributed by atoms with Gasteiger partial charge in [0, 0.05) is 0 Å². The number of anilines is 2. The van der Waals surface area contributed by atoms with E-state index in [0.717, 1.165) is 33.5 Å². The normalized spacial score (nSPS) is 16.8. The SMILES string of the molecule is Cc1ccc2c(c1)C(Nc1cccc3n[se]nc13)C(=O)N2. The number of amides is 1. The summed E-state index contributed by atoms with van der Waals surface area (Å²) < 4.78 is 8.81. The number of fused-ring (bicyclic) bond motifs is 2. The number of hydrogen-bond acceptors (Lipinski definition) is 4. The Morgan fingerprint density at radius 2 is 2.14 bits per heavy atom. The number of benzene rings is 2. The number of aromatic nitrogens is 2. The van der Waals surface area contributed by atoms with Crippen LogP contribution in [0, 0.1) is 6.92 Å². The van der Waals surface area contributed by atoms with Crippen molar-refractivity contribution in [2.24, 2.45) is 0 Å². The van der Waals surface area contributed by atoms with Crippen molar-refractivity contribution in [2.75, 3.05) is 10.6 Å². The summed E-state index contributed by atoms with van der Waals surface area (Å²) in [6.07, 6.45) is 0. The summed E-state index contributed by atoms with van der Waals surface area (Å²) in [5, 5.41) is 6.23. The van der Waals surface area contributed by atoms with Crippen molar-refractivity contribution in [3.63, 3.8) is 0 Å². The summed E-state index contributed by atoms with van der Waals surface area (Å²) in [5.74, 6) is -0.0337. The summed E-state index contributed by atoms with van der Waals surface area (Å²) in [7, 11) is 0. The van der Waals surface area contributed by atoms with Crippen LogP contribution >= 0.6 is 0 Å². The molecule has 0 aliphatic carbocycles. The van der Waals surface area contributed by atoms with Gasteiger partial charge in [0.25, 0.3) is 0 Å². The molecule has 3 aromatic rings. The molecule has 6 heteroatoms. The Morgan fingerprint density at radius 1 is 1.24 bits per heavy atom. The molecule has 1 atom stereocenters. The molecular formula is C15H12N4OSe. The molecule has 0 saturated heterocycles. The Kier molecular flexibility index (Phi) is 2.80. The number of aryl methyl sites for hydroxylation is 1. The first-order chi connectivity index (χ1) is 10.2. The van der Waals surface area contributed by atoms with E-state index in [4.69, 9.17) is 0 Å². The van der Waals surface area contributed by atoms with E-state index < -0.39 is 0 Å². The zero-order valence-corrected chi connectivity index (χ0v) is 13.0. The maximum atomic E-state index is 12.2. The molecule has 0 saturated carbocycles. The van der Waals surface area contributed by atoms with E-state index in [1.165, 1.54) is 0 Å². The van der Waals surface area contributed by atoms with E-state index in [1.807, 2.05) is 43.3 Å². The summed E-state index contributed by atoms with van der Waals surface area (Å²) in [6, 6.07) is 11.4. The van der Waals surface area contributed by atoms with Crippen LogP contribution in [0.25, 0.3) is 11.0 Å². The van der Waals surface area contributed by atoms with Crippen LogP contribution in [-0.4, -0.2) is 28.8 Å².